The first-order chi connectivity index (χ1) is 17.2. The minimum absolute atomic E-state index is 0.657. The third-order valence-corrected chi connectivity index (χ3v) is 16.7. The SMILES string of the molecule is NCCC[Si](CCCN)(O[Si](c1ccccc1)(c1ccccc1)c1ccccc1)c1ccccc1. The van der Waals surface area contributed by atoms with E-state index < -0.39 is 16.6 Å². The van der Waals surface area contributed by atoms with E-state index in [2.05, 4.69) is 121 Å². The molecule has 0 atom stereocenters. The molecule has 0 spiro atoms. The number of nitrogens with two attached hydrogens (primary N) is 2. The summed E-state index contributed by atoms with van der Waals surface area (Å²) in [6, 6.07) is 45.5. The van der Waals surface area contributed by atoms with Crippen LogP contribution in [0.5, 0.6) is 0 Å². The van der Waals surface area contributed by atoms with Gasteiger partial charge in [0.1, 0.15) is 0 Å². The normalized spacial score (nSPS) is 11.9. The third-order valence-electron chi connectivity index (χ3n) is 6.76. The molecule has 180 valence electrons. The van der Waals surface area contributed by atoms with Crippen LogP contribution >= 0.6 is 0 Å². The quantitative estimate of drug-likeness (QED) is 0.234. The van der Waals surface area contributed by atoms with Crippen LogP contribution in [0.2, 0.25) is 12.1 Å². The predicted octanol–water partition coefficient (Wildman–Crippen LogP) is 3.22. The zero-order chi connectivity index (χ0) is 24.4. The van der Waals surface area contributed by atoms with Gasteiger partial charge in [-0.1, -0.05) is 121 Å². The van der Waals surface area contributed by atoms with Crippen LogP contribution in [0, 0.1) is 0 Å². The molecule has 0 fully saturated rings. The van der Waals surface area contributed by atoms with Crippen molar-refractivity contribution in [1.82, 2.24) is 0 Å². The van der Waals surface area contributed by atoms with E-state index in [1.807, 2.05) is 0 Å². The lowest BCUT2D eigenvalue weighted by atomic mass is 10.3. The Morgan fingerprint density at radius 2 is 0.771 bits per heavy atom. The summed E-state index contributed by atoms with van der Waals surface area (Å²) in [6.45, 7) is 1.31. The molecular formula is C30H36N2OSi2. The van der Waals surface area contributed by atoms with Crippen LogP contribution in [0.4, 0.5) is 0 Å². The van der Waals surface area contributed by atoms with Gasteiger partial charge in [-0.15, -0.1) is 0 Å². The Morgan fingerprint density at radius 3 is 1.09 bits per heavy atom. The molecular weight excluding hydrogens is 461 g/mol. The summed E-state index contributed by atoms with van der Waals surface area (Å²) in [6.07, 6.45) is 1.88. The van der Waals surface area contributed by atoms with Gasteiger partial charge in [0.2, 0.25) is 8.32 Å². The van der Waals surface area contributed by atoms with E-state index >= 15 is 0 Å². The van der Waals surface area contributed by atoms with Gasteiger partial charge in [0, 0.05) is 0 Å². The highest BCUT2D eigenvalue weighted by Crippen LogP contribution is 2.26. The van der Waals surface area contributed by atoms with E-state index in [1.54, 1.807) is 0 Å². The standard InChI is InChI=1S/C30H36N2OSi2/c31-23-13-25-34(26-14-24-32,27-15-5-1-6-16-27)33-35(28-17-7-2-8-18-28,29-19-9-3-10-20-29)30-21-11-4-12-22-30/h1-12,15-22H,13-14,23-26,31-32H2. The van der Waals surface area contributed by atoms with Crippen LogP contribution in [-0.4, -0.2) is 29.7 Å². The third kappa shape index (κ3) is 5.55. The Bertz CT molecular complexity index is 1040. The van der Waals surface area contributed by atoms with Crippen molar-refractivity contribution in [1.29, 1.82) is 0 Å². The largest absolute Gasteiger partial charge is 0.442 e. The van der Waals surface area contributed by atoms with E-state index in [4.69, 9.17) is 15.6 Å². The zero-order valence-corrected chi connectivity index (χ0v) is 22.4. The Hall–Kier alpha value is -2.81. The van der Waals surface area contributed by atoms with Crippen LogP contribution in [0.25, 0.3) is 0 Å². The molecule has 0 heterocycles. The molecule has 4 aromatic carbocycles. The second kappa shape index (κ2) is 12.2. The smallest absolute Gasteiger partial charge is 0.278 e. The summed E-state index contributed by atoms with van der Waals surface area (Å²) in [5, 5.41) is 5.14. The molecule has 0 aliphatic rings. The minimum atomic E-state index is -2.86. The summed E-state index contributed by atoms with van der Waals surface area (Å²) in [5.74, 6) is 0. The van der Waals surface area contributed by atoms with Crippen molar-refractivity contribution in [2.45, 2.75) is 24.9 Å². The molecule has 4 N–H and O–H groups in total. The van der Waals surface area contributed by atoms with Crippen LogP contribution in [-0.2, 0) is 4.12 Å². The number of hydrogen-bond acceptors (Lipinski definition) is 3. The Labute approximate surface area is 212 Å². The fourth-order valence-electron chi connectivity index (χ4n) is 5.08. The van der Waals surface area contributed by atoms with Crippen LogP contribution in [0.1, 0.15) is 12.8 Å². The summed E-state index contributed by atoms with van der Waals surface area (Å²) in [5.41, 5.74) is 12.2. The summed E-state index contributed by atoms with van der Waals surface area (Å²) in [7, 11) is -5.36. The molecule has 0 saturated carbocycles. The van der Waals surface area contributed by atoms with Crippen LogP contribution in [0.15, 0.2) is 121 Å². The zero-order valence-electron chi connectivity index (χ0n) is 20.4. The average molecular weight is 497 g/mol. The highest BCUT2D eigenvalue weighted by Gasteiger charge is 2.49. The summed E-state index contributed by atoms with van der Waals surface area (Å²) < 4.78 is 7.94. The Morgan fingerprint density at radius 1 is 0.457 bits per heavy atom. The maximum absolute atomic E-state index is 7.94. The fraction of sp³-hybridized carbons (Fsp3) is 0.200. The molecule has 0 aliphatic carbocycles. The maximum Gasteiger partial charge on any atom is 0.278 e. The van der Waals surface area contributed by atoms with E-state index in [0.717, 1.165) is 24.9 Å². The first-order valence-electron chi connectivity index (χ1n) is 12.6. The number of benzene rings is 4. The minimum Gasteiger partial charge on any atom is -0.442 e. The van der Waals surface area contributed by atoms with Gasteiger partial charge >= 0.3 is 0 Å². The monoisotopic (exact) mass is 496 g/mol. The van der Waals surface area contributed by atoms with Gasteiger partial charge < -0.3 is 15.6 Å². The average Bonchev–Trinajstić information content (AvgIpc) is 2.95. The van der Waals surface area contributed by atoms with E-state index in [9.17, 15) is 0 Å². The van der Waals surface area contributed by atoms with Gasteiger partial charge in [0.05, 0.1) is 0 Å². The van der Waals surface area contributed by atoms with Gasteiger partial charge in [-0.3, -0.25) is 0 Å². The first-order valence-corrected chi connectivity index (χ1v) is 16.8. The van der Waals surface area contributed by atoms with Crippen molar-refractivity contribution in [2.24, 2.45) is 11.5 Å². The van der Waals surface area contributed by atoms with E-state index in [1.165, 1.54) is 20.7 Å². The molecule has 0 aliphatic heterocycles. The Kier molecular flexibility index (Phi) is 8.85. The van der Waals surface area contributed by atoms with Crippen LogP contribution in [0.3, 0.4) is 0 Å². The van der Waals surface area contributed by atoms with Crippen molar-refractivity contribution >= 4 is 37.4 Å². The molecule has 0 bridgehead atoms. The molecule has 0 aromatic heterocycles. The Balaban J connectivity index is 2.02. The van der Waals surface area contributed by atoms with Crippen LogP contribution < -0.4 is 32.2 Å². The van der Waals surface area contributed by atoms with Crippen molar-refractivity contribution in [3.63, 3.8) is 0 Å². The van der Waals surface area contributed by atoms with E-state index in [0.29, 0.717) is 13.1 Å². The summed E-state index contributed by atoms with van der Waals surface area (Å²) in [4.78, 5) is 0. The lowest BCUT2D eigenvalue weighted by molar-refractivity contribution is 0.555. The van der Waals surface area contributed by atoms with Gasteiger partial charge in [0.25, 0.3) is 8.32 Å². The second-order valence-corrected chi connectivity index (χ2v) is 16.5. The van der Waals surface area contributed by atoms with Crippen molar-refractivity contribution in [2.75, 3.05) is 13.1 Å². The van der Waals surface area contributed by atoms with Crippen molar-refractivity contribution in [3.8, 4) is 0 Å². The molecule has 0 saturated heterocycles. The lowest BCUT2D eigenvalue weighted by Gasteiger charge is -2.43. The highest BCUT2D eigenvalue weighted by molar-refractivity contribution is 7.12. The molecule has 0 radical (unpaired) electrons. The van der Waals surface area contributed by atoms with Gasteiger partial charge in [0.15, 0.2) is 0 Å². The second-order valence-electron chi connectivity index (χ2n) is 9.03. The molecule has 5 heteroatoms. The topological polar surface area (TPSA) is 61.3 Å². The van der Waals surface area contributed by atoms with Gasteiger partial charge in [-0.2, -0.15) is 0 Å². The first kappa shape index (κ1) is 25.3. The van der Waals surface area contributed by atoms with Crippen molar-refractivity contribution < 1.29 is 4.12 Å². The van der Waals surface area contributed by atoms with Gasteiger partial charge in [-0.05, 0) is 58.8 Å². The molecule has 0 unspecified atom stereocenters. The highest BCUT2D eigenvalue weighted by atomic mass is 28.4. The van der Waals surface area contributed by atoms with Crippen molar-refractivity contribution in [3.05, 3.63) is 121 Å². The maximum atomic E-state index is 7.94. The number of hydrogen-bond donors (Lipinski definition) is 2. The molecule has 3 nitrogen and oxygen atoms in total. The molecule has 0 amide bonds. The lowest BCUT2D eigenvalue weighted by Crippen LogP contribution is -2.75. The van der Waals surface area contributed by atoms with E-state index in [-0.39, 0.29) is 0 Å². The fourth-order valence-corrected chi connectivity index (χ4v) is 16.3. The summed E-state index contributed by atoms with van der Waals surface area (Å²) >= 11 is 0. The van der Waals surface area contributed by atoms with Gasteiger partial charge in [-0.25, -0.2) is 0 Å². The molecule has 35 heavy (non-hydrogen) atoms. The number of rotatable bonds is 12. The molecule has 4 rings (SSSR count). The predicted molar refractivity (Wildman–Crippen MR) is 154 cm³/mol. The molecule has 4 aromatic rings.